The highest BCUT2D eigenvalue weighted by molar-refractivity contribution is 5.98. The summed E-state index contributed by atoms with van der Waals surface area (Å²) in [6, 6.07) is 3.77. The van der Waals surface area contributed by atoms with E-state index in [1.807, 2.05) is 0 Å². The van der Waals surface area contributed by atoms with Gasteiger partial charge in [0.25, 0.3) is 11.6 Å². The minimum Gasteiger partial charge on any atom is -0.350 e. The fraction of sp³-hybridized carbons (Fsp3) is 0.556. The molecule has 2 aliphatic rings. The molecule has 0 spiro atoms. The molecule has 2 amide bonds. The topological polar surface area (TPSA) is 119 Å². The molecule has 1 heterocycles. The minimum absolute atomic E-state index is 0. The number of nitrogens with zero attached hydrogens (tertiary/aromatic N) is 2. The van der Waals surface area contributed by atoms with Gasteiger partial charge in [-0.25, -0.2) is 0 Å². The maximum atomic E-state index is 12.8. The summed E-state index contributed by atoms with van der Waals surface area (Å²) in [6.45, 7) is 2.51. The van der Waals surface area contributed by atoms with E-state index >= 15 is 0 Å². The number of rotatable bonds is 6. The number of nitro benzene ring substituents is 1. The Kier molecular flexibility index (Phi) is 6.78. The molecule has 1 saturated heterocycles. The van der Waals surface area contributed by atoms with Crippen LogP contribution in [0, 0.1) is 23.0 Å². The molecule has 0 radical (unpaired) electrons. The maximum absolute atomic E-state index is 12.8. The lowest BCUT2D eigenvalue weighted by molar-refractivity contribution is -0.385. The summed E-state index contributed by atoms with van der Waals surface area (Å²) >= 11 is 0. The van der Waals surface area contributed by atoms with Crippen LogP contribution in [0.2, 0.25) is 0 Å². The Morgan fingerprint density at radius 3 is 2.63 bits per heavy atom. The van der Waals surface area contributed by atoms with Gasteiger partial charge in [-0.15, -0.1) is 12.4 Å². The third-order valence-electron chi connectivity index (χ3n) is 5.23. The zero-order valence-electron chi connectivity index (χ0n) is 15.2. The predicted molar refractivity (Wildman–Crippen MR) is 103 cm³/mol. The second kappa shape index (κ2) is 8.67. The number of hydrogen-bond donors (Lipinski definition) is 2. The second-order valence-corrected chi connectivity index (χ2v) is 7.10. The standard InChI is InChI=1S/C18H24N4O4.ClH/c1-11-9-13(6-7-15(11)22(25)26)18(24)21-8-2-3-16(21)17(23)20-14(10-19)12-4-5-12;/h6-7,9,12,14,16H,2-5,8,10,19H2,1H3,(H,20,23);1H. The first kappa shape index (κ1) is 21.1. The molecule has 2 fully saturated rings. The summed E-state index contributed by atoms with van der Waals surface area (Å²) < 4.78 is 0. The lowest BCUT2D eigenvalue weighted by atomic mass is 10.1. The summed E-state index contributed by atoms with van der Waals surface area (Å²) in [5.74, 6) is 0.0278. The first-order chi connectivity index (χ1) is 12.4. The van der Waals surface area contributed by atoms with E-state index < -0.39 is 11.0 Å². The maximum Gasteiger partial charge on any atom is 0.272 e. The van der Waals surface area contributed by atoms with Crippen molar-refractivity contribution >= 4 is 29.9 Å². The average Bonchev–Trinajstić information content (AvgIpc) is 3.34. The Hall–Kier alpha value is -2.19. The molecular formula is C18H25ClN4O4. The number of hydrogen-bond acceptors (Lipinski definition) is 5. The zero-order valence-corrected chi connectivity index (χ0v) is 16.0. The Morgan fingerprint density at radius 2 is 2.07 bits per heavy atom. The lowest BCUT2D eigenvalue weighted by Crippen LogP contribution is -2.51. The van der Waals surface area contributed by atoms with E-state index in [2.05, 4.69) is 5.32 Å². The van der Waals surface area contributed by atoms with Gasteiger partial charge in [-0.1, -0.05) is 0 Å². The molecule has 2 unspecified atom stereocenters. The van der Waals surface area contributed by atoms with Crippen molar-refractivity contribution in [1.82, 2.24) is 10.2 Å². The van der Waals surface area contributed by atoms with Crippen molar-refractivity contribution in [2.75, 3.05) is 13.1 Å². The van der Waals surface area contributed by atoms with Crippen molar-refractivity contribution in [2.45, 2.75) is 44.7 Å². The largest absolute Gasteiger partial charge is 0.350 e. The van der Waals surface area contributed by atoms with Gasteiger partial charge in [-0.3, -0.25) is 19.7 Å². The van der Waals surface area contributed by atoms with Gasteiger partial charge in [0.05, 0.1) is 4.92 Å². The number of likely N-dealkylation sites (tertiary alicyclic amines) is 1. The number of nitro groups is 1. The average molecular weight is 397 g/mol. The van der Waals surface area contributed by atoms with Gasteiger partial charge in [0.15, 0.2) is 0 Å². The highest BCUT2D eigenvalue weighted by Gasteiger charge is 2.38. The van der Waals surface area contributed by atoms with E-state index in [4.69, 9.17) is 5.73 Å². The number of carbonyl (C=O) groups is 2. The fourth-order valence-corrected chi connectivity index (χ4v) is 3.59. The number of aryl methyl sites for hydroxylation is 1. The van der Waals surface area contributed by atoms with Crippen LogP contribution >= 0.6 is 12.4 Å². The van der Waals surface area contributed by atoms with Gasteiger partial charge >= 0.3 is 0 Å². The van der Waals surface area contributed by atoms with Crippen LogP contribution in [0.15, 0.2) is 18.2 Å². The Morgan fingerprint density at radius 1 is 1.37 bits per heavy atom. The lowest BCUT2D eigenvalue weighted by Gasteiger charge is -2.26. The van der Waals surface area contributed by atoms with Gasteiger partial charge in [0.1, 0.15) is 6.04 Å². The van der Waals surface area contributed by atoms with Crippen molar-refractivity contribution in [3.63, 3.8) is 0 Å². The van der Waals surface area contributed by atoms with Crippen LogP contribution in [0.25, 0.3) is 0 Å². The van der Waals surface area contributed by atoms with Crippen molar-refractivity contribution < 1.29 is 14.5 Å². The molecule has 8 nitrogen and oxygen atoms in total. The highest BCUT2D eigenvalue weighted by Crippen LogP contribution is 2.32. The van der Waals surface area contributed by atoms with Crippen LogP contribution in [0.4, 0.5) is 5.69 Å². The Labute approximate surface area is 164 Å². The SMILES string of the molecule is Cc1cc(C(=O)N2CCCC2C(=O)NC(CN)C2CC2)ccc1[N+](=O)[O-].Cl. The number of benzene rings is 1. The molecule has 148 valence electrons. The predicted octanol–water partition coefficient (Wildman–Crippen LogP) is 1.78. The zero-order chi connectivity index (χ0) is 18.8. The monoisotopic (exact) mass is 396 g/mol. The molecule has 1 aliphatic carbocycles. The van der Waals surface area contributed by atoms with Gasteiger partial charge < -0.3 is 16.0 Å². The Bertz CT molecular complexity index is 738. The number of nitrogens with one attached hydrogen (secondary N) is 1. The van der Waals surface area contributed by atoms with Crippen LogP contribution in [-0.2, 0) is 4.79 Å². The summed E-state index contributed by atoms with van der Waals surface area (Å²) in [7, 11) is 0. The third-order valence-corrected chi connectivity index (χ3v) is 5.23. The van der Waals surface area contributed by atoms with E-state index in [1.54, 1.807) is 11.8 Å². The summed E-state index contributed by atoms with van der Waals surface area (Å²) in [5.41, 5.74) is 6.53. The van der Waals surface area contributed by atoms with Crippen molar-refractivity contribution in [1.29, 1.82) is 0 Å². The van der Waals surface area contributed by atoms with E-state index in [1.165, 1.54) is 18.2 Å². The van der Waals surface area contributed by atoms with E-state index in [-0.39, 0.29) is 36.0 Å². The summed E-state index contributed by atoms with van der Waals surface area (Å²) in [6.07, 6.45) is 3.53. The molecule has 9 heteroatoms. The number of carbonyl (C=O) groups excluding carboxylic acids is 2. The molecule has 2 atom stereocenters. The molecule has 0 bridgehead atoms. The quantitative estimate of drug-likeness (QED) is 0.561. The number of amides is 2. The molecule has 1 saturated carbocycles. The van der Waals surface area contributed by atoms with E-state index in [9.17, 15) is 19.7 Å². The molecule has 3 rings (SSSR count). The molecule has 0 aromatic heterocycles. The van der Waals surface area contributed by atoms with Gasteiger partial charge in [-0.2, -0.15) is 0 Å². The second-order valence-electron chi connectivity index (χ2n) is 7.10. The van der Waals surface area contributed by atoms with Gasteiger partial charge in [0.2, 0.25) is 5.91 Å². The summed E-state index contributed by atoms with van der Waals surface area (Å²) in [4.78, 5) is 37.5. The van der Waals surface area contributed by atoms with Gasteiger partial charge in [-0.05, 0) is 50.7 Å². The van der Waals surface area contributed by atoms with Crippen molar-refractivity contribution in [3.8, 4) is 0 Å². The van der Waals surface area contributed by atoms with Crippen molar-refractivity contribution in [2.24, 2.45) is 11.7 Å². The molecular weight excluding hydrogens is 372 g/mol. The summed E-state index contributed by atoms with van der Waals surface area (Å²) in [5, 5.41) is 13.9. The molecule has 1 aliphatic heterocycles. The third kappa shape index (κ3) is 4.56. The smallest absolute Gasteiger partial charge is 0.272 e. The first-order valence-corrected chi connectivity index (χ1v) is 8.98. The normalized spacial score (nSPS) is 19.9. The minimum atomic E-state index is -0.509. The van der Waals surface area contributed by atoms with Crippen LogP contribution in [0.5, 0.6) is 0 Å². The molecule has 27 heavy (non-hydrogen) atoms. The van der Waals surface area contributed by atoms with Crippen LogP contribution in [0.3, 0.4) is 0 Å². The first-order valence-electron chi connectivity index (χ1n) is 8.98. The van der Waals surface area contributed by atoms with Crippen LogP contribution in [0.1, 0.15) is 41.6 Å². The van der Waals surface area contributed by atoms with Crippen molar-refractivity contribution in [3.05, 3.63) is 39.4 Å². The highest BCUT2D eigenvalue weighted by atomic mass is 35.5. The van der Waals surface area contributed by atoms with E-state index in [0.717, 1.165) is 19.3 Å². The molecule has 1 aromatic rings. The van der Waals surface area contributed by atoms with Crippen LogP contribution < -0.4 is 11.1 Å². The fourth-order valence-electron chi connectivity index (χ4n) is 3.59. The molecule has 3 N–H and O–H groups in total. The van der Waals surface area contributed by atoms with Crippen LogP contribution in [-0.4, -0.2) is 46.8 Å². The Balaban J connectivity index is 0.00000261. The van der Waals surface area contributed by atoms with E-state index in [0.29, 0.717) is 36.6 Å². The number of nitrogens with two attached hydrogens (primary N) is 1. The van der Waals surface area contributed by atoms with Gasteiger partial charge in [0, 0.05) is 36.3 Å². The number of halogens is 1. The molecule has 1 aromatic carbocycles.